The van der Waals surface area contributed by atoms with Gasteiger partial charge in [0, 0.05) is 30.2 Å². The van der Waals surface area contributed by atoms with Crippen LogP contribution in [0, 0.1) is 0 Å². The van der Waals surface area contributed by atoms with E-state index in [1.165, 1.54) is 23.9 Å². The van der Waals surface area contributed by atoms with Crippen LogP contribution in [0.3, 0.4) is 0 Å². The molecule has 0 radical (unpaired) electrons. The van der Waals surface area contributed by atoms with Crippen LogP contribution in [0.2, 0.25) is 0 Å². The maximum atomic E-state index is 12.1. The van der Waals surface area contributed by atoms with E-state index in [0.717, 1.165) is 23.2 Å². The zero-order valence-corrected chi connectivity index (χ0v) is 24.5. The molecule has 2 aromatic carbocycles. The lowest BCUT2D eigenvalue weighted by Crippen LogP contribution is -2.42. The number of sulfonamides is 1. The van der Waals surface area contributed by atoms with Crippen LogP contribution >= 0.6 is 12.2 Å². The summed E-state index contributed by atoms with van der Waals surface area (Å²) in [6.07, 6.45) is 5.18. The fraction of sp³-hybridized carbons (Fsp3) is 0.310. The quantitative estimate of drug-likeness (QED) is 0.393. The van der Waals surface area contributed by atoms with Gasteiger partial charge in [0.05, 0.1) is 42.4 Å². The lowest BCUT2D eigenvalue weighted by atomic mass is 9.86. The van der Waals surface area contributed by atoms with Crippen molar-refractivity contribution in [3.8, 4) is 5.75 Å². The number of thiocarbonyl (C=S) groups is 1. The highest BCUT2D eigenvalue weighted by atomic mass is 32.2. The van der Waals surface area contributed by atoms with Gasteiger partial charge in [-0.3, -0.25) is 9.71 Å². The van der Waals surface area contributed by atoms with Crippen LogP contribution in [-0.2, 0) is 10.0 Å². The summed E-state index contributed by atoms with van der Waals surface area (Å²) in [5.74, 6) is 0.417. The van der Waals surface area contributed by atoms with E-state index in [2.05, 4.69) is 72.0 Å². The molecular weight excluding hydrogens is 530 g/mol. The van der Waals surface area contributed by atoms with Gasteiger partial charge in [-0.25, -0.2) is 8.42 Å². The second-order valence-electron chi connectivity index (χ2n) is 10.6. The minimum absolute atomic E-state index is 0.0935. The van der Waals surface area contributed by atoms with E-state index in [9.17, 15) is 8.42 Å². The van der Waals surface area contributed by atoms with Gasteiger partial charge in [0.1, 0.15) is 5.75 Å². The first kappa shape index (κ1) is 27.0. The topological polar surface area (TPSA) is 86.8 Å². The summed E-state index contributed by atoms with van der Waals surface area (Å²) in [7, 11) is 0.0890. The number of benzene rings is 2. The molecule has 39 heavy (non-hydrogen) atoms. The lowest BCUT2D eigenvalue weighted by Gasteiger charge is -2.41. The number of methoxy groups -OCH3 is 1. The molecular formula is C29H33N5O3S2. The number of nitrogens with zero attached hydrogens (tertiary/aromatic N) is 3. The van der Waals surface area contributed by atoms with E-state index >= 15 is 0 Å². The number of hydrogen-bond donors (Lipinski definition) is 2. The molecule has 0 unspecified atom stereocenters. The number of fused-ring (bicyclic) bond motifs is 1. The fourth-order valence-electron chi connectivity index (χ4n) is 5.46. The number of aromatic nitrogens is 1. The summed E-state index contributed by atoms with van der Waals surface area (Å²) in [4.78, 5) is 8.96. The Balaban J connectivity index is 1.66. The van der Waals surface area contributed by atoms with Crippen LogP contribution in [0.15, 0.2) is 66.9 Å². The molecule has 204 valence electrons. The molecule has 1 aromatic heterocycles. The third-order valence-electron chi connectivity index (χ3n) is 7.44. The van der Waals surface area contributed by atoms with E-state index in [0.29, 0.717) is 16.5 Å². The highest BCUT2D eigenvalue weighted by molar-refractivity contribution is 7.92. The normalized spacial score (nSPS) is 20.3. The number of rotatable bonds is 6. The summed E-state index contributed by atoms with van der Waals surface area (Å²) < 4.78 is 32.2. The van der Waals surface area contributed by atoms with Crippen LogP contribution in [0.1, 0.15) is 49.7 Å². The molecule has 1 fully saturated rings. The third kappa shape index (κ3) is 5.06. The Hall–Kier alpha value is -3.63. The van der Waals surface area contributed by atoms with Crippen molar-refractivity contribution in [2.24, 2.45) is 0 Å². The molecule has 5 rings (SSSR count). The summed E-state index contributed by atoms with van der Waals surface area (Å²) in [6, 6.07) is 17.3. The van der Waals surface area contributed by atoms with Gasteiger partial charge in [-0.05, 0) is 86.6 Å². The smallest absolute Gasteiger partial charge is 0.229 e. The first-order chi connectivity index (χ1) is 18.4. The van der Waals surface area contributed by atoms with E-state index in [1.54, 1.807) is 18.3 Å². The molecule has 3 heterocycles. The van der Waals surface area contributed by atoms with Crippen molar-refractivity contribution in [1.29, 1.82) is 0 Å². The Labute approximate surface area is 235 Å². The van der Waals surface area contributed by atoms with Crippen LogP contribution in [0.4, 0.5) is 17.1 Å². The molecule has 1 saturated heterocycles. The molecule has 0 saturated carbocycles. The Morgan fingerprint density at radius 3 is 2.56 bits per heavy atom. The number of likely N-dealkylation sites (N-methyl/N-ethyl adjacent to an activating group) is 1. The maximum Gasteiger partial charge on any atom is 0.229 e. The van der Waals surface area contributed by atoms with Gasteiger partial charge in [-0.2, -0.15) is 0 Å². The molecule has 8 nitrogen and oxygen atoms in total. The van der Waals surface area contributed by atoms with Gasteiger partial charge < -0.3 is 19.9 Å². The van der Waals surface area contributed by atoms with Gasteiger partial charge in [-0.1, -0.05) is 18.2 Å². The van der Waals surface area contributed by atoms with E-state index in [4.69, 9.17) is 17.0 Å². The van der Waals surface area contributed by atoms with Gasteiger partial charge in [0.25, 0.3) is 0 Å². The number of nitrogens with one attached hydrogen (secondary N) is 2. The minimum atomic E-state index is -3.53. The van der Waals surface area contributed by atoms with Crippen molar-refractivity contribution in [2.75, 3.05) is 34.9 Å². The molecule has 0 aliphatic carbocycles. The first-order valence-corrected chi connectivity index (χ1v) is 14.9. The minimum Gasteiger partial charge on any atom is -0.495 e. The molecule has 0 spiro atoms. The molecule has 3 aromatic rings. The average Bonchev–Trinajstić information content (AvgIpc) is 3.23. The molecule has 10 heteroatoms. The summed E-state index contributed by atoms with van der Waals surface area (Å²) in [5, 5.41) is 4.00. The molecule has 0 amide bonds. The third-order valence-corrected chi connectivity index (χ3v) is 8.34. The van der Waals surface area contributed by atoms with Crippen molar-refractivity contribution >= 4 is 50.0 Å². The van der Waals surface area contributed by atoms with Gasteiger partial charge >= 0.3 is 0 Å². The van der Waals surface area contributed by atoms with Crippen molar-refractivity contribution in [3.05, 3.63) is 83.7 Å². The number of ether oxygens (including phenoxy) is 1. The number of hydrogen-bond acceptors (Lipinski definition) is 6. The number of allylic oxidation sites excluding steroid dienone is 1. The van der Waals surface area contributed by atoms with Crippen LogP contribution in [-0.4, -0.2) is 44.5 Å². The Morgan fingerprint density at radius 2 is 1.90 bits per heavy atom. The summed E-state index contributed by atoms with van der Waals surface area (Å²) >= 11 is 5.88. The maximum absolute atomic E-state index is 12.1. The molecule has 2 aliphatic rings. The molecule has 2 atom stereocenters. The predicted octanol–water partition coefficient (Wildman–Crippen LogP) is 5.27. The monoisotopic (exact) mass is 563 g/mol. The molecule has 2 N–H and O–H groups in total. The van der Waals surface area contributed by atoms with E-state index < -0.39 is 10.0 Å². The standard InChI is InChI=1S/C29H33N5O3S2/c1-18-17-29(2,3)33(4)24-12-10-19(15-21(18)24)27-26(22-9-7-8-14-30-22)31-28(38)34(27)20-11-13-25(37-5)23(16-20)32-39(6,35)36/h7-17,26-27,32H,1-6H3,(H,31,38)/t26-,27-/m1/s1. The fourth-order valence-corrected chi connectivity index (χ4v) is 6.36. The predicted molar refractivity (Wildman–Crippen MR) is 162 cm³/mol. The summed E-state index contributed by atoms with van der Waals surface area (Å²) in [5.41, 5.74) is 6.45. The van der Waals surface area contributed by atoms with Crippen molar-refractivity contribution in [1.82, 2.24) is 10.3 Å². The second kappa shape index (κ2) is 9.84. The Bertz CT molecular complexity index is 1570. The average molecular weight is 564 g/mol. The van der Waals surface area contributed by atoms with Crippen LogP contribution < -0.4 is 24.6 Å². The lowest BCUT2D eigenvalue weighted by molar-refractivity contribution is 0.417. The zero-order valence-electron chi connectivity index (χ0n) is 22.9. The molecule has 0 bridgehead atoms. The molecule has 2 aliphatic heterocycles. The summed E-state index contributed by atoms with van der Waals surface area (Å²) in [6.45, 7) is 6.56. The van der Waals surface area contributed by atoms with E-state index in [1.807, 2.05) is 29.2 Å². The number of pyridine rings is 1. The highest BCUT2D eigenvalue weighted by Crippen LogP contribution is 2.46. The van der Waals surface area contributed by atoms with Crippen LogP contribution in [0.25, 0.3) is 5.57 Å². The zero-order chi connectivity index (χ0) is 28.1. The largest absolute Gasteiger partial charge is 0.495 e. The van der Waals surface area contributed by atoms with E-state index in [-0.39, 0.29) is 17.6 Å². The highest BCUT2D eigenvalue weighted by Gasteiger charge is 2.41. The van der Waals surface area contributed by atoms with Crippen LogP contribution in [0.5, 0.6) is 5.75 Å². The van der Waals surface area contributed by atoms with Gasteiger partial charge in [0.15, 0.2) is 5.11 Å². The second-order valence-corrected chi connectivity index (χ2v) is 12.7. The number of anilines is 3. The van der Waals surface area contributed by atoms with Gasteiger partial charge in [-0.15, -0.1) is 0 Å². The Kier molecular flexibility index (Phi) is 6.80. The Morgan fingerprint density at radius 1 is 1.13 bits per heavy atom. The van der Waals surface area contributed by atoms with Crippen molar-refractivity contribution in [3.63, 3.8) is 0 Å². The van der Waals surface area contributed by atoms with Crippen molar-refractivity contribution in [2.45, 2.75) is 38.4 Å². The van der Waals surface area contributed by atoms with Gasteiger partial charge in [0.2, 0.25) is 10.0 Å². The SMILES string of the molecule is COc1ccc(N2C(=S)N[C@H](c3ccccn3)[C@H]2c2ccc3c(c2)C(C)=CC(C)(C)N3C)cc1NS(C)(=O)=O. The van der Waals surface area contributed by atoms with Crippen molar-refractivity contribution < 1.29 is 13.2 Å². The first-order valence-electron chi connectivity index (χ1n) is 12.6.